The summed E-state index contributed by atoms with van der Waals surface area (Å²) in [5.41, 5.74) is 1.54. The maximum Gasteiger partial charge on any atom is 0.198 e. The van der Waals surface area contributed by atoms with Crippen molar-refractivity contribution in [3.63, 3.8) is 0 Å². The lowest BCUT2D eigenvalue weighted by atomic mass is 9.91. The van der Waals surface area contributed by atoms with Crippen LogP contribution in [0.3, 0.4) is 0 Å². The van der Waals surface area contributed by atoms with E-state index in [0.717, 1.165) is 27.1 Å². The number of methoxy groups -OCH3 is 1. The zero-order valence-corrected chi connectivity index (χ0v) is 16.5. The Bertz CT molecular complexity index is 1600. The maximum absolute atomic E-state index is 13.6. The first-order valence-corrected chi connectivity index (χ1v) is 10.4. The third-order valence-corrected chi connectivity index (χ3v) is 6.87. The van der Waals surface area contributed by atoms with Crippen LogP contribution in [0.1, 0.15) is 0 Å². The van der Waals surface area contributed by atoms with Gasteiger partial charge in [-0.1, -0.05) is 54.6 Å². The molecule has 29 heavy (non-hydrogen) atoms. The van der Waals surface area contributed by atoms with Crippen LogP contribution in [0.2, 0.25) is 0 Å². The summed E-state index contributed by atoms with van der Waals surface area (Å²) in [4.78, 5) is 13.6. The van der Waals surface area contributed by atoms with Crippen LogP contribution >= 0.6 is 11.3 Å². The molecule has 0 bridgehead atoms. The quantitative estimate of drug-likeness (QED) is 0.238. The Labute approximate surface area is 170 Å². The molecule has 6 rings (SSSR count). The van der Waals surface area contributed by atoms with E-state index in [2.05, 4.69) is 42.5 Å². The third kappa shape index (κ3) is 2.19. The Morgan fingerprint density at radius 3 is 2.21 bits per heavy atom. The van der Waals surface area contributed by atoms with Gasteiger partial charge in [0.05, 0.1) is 12.7 Å². The van der Waals surface area contributed by atoms with E-state index >= 15 is 0 Å². The van der Waals surface area contributed by atoms with Crippen LogP contribution < -0.4 is 10.2 Å². The standard InChI is InChI=1S/C26H16O2S/c1-28-26-19-13-14-21-24-17(16-9-5-6-10-20(16)29-21)11-12-18(23(19)24)25(27)22(26)15-7-3-2-4-8-15/h2-14H,1H3. The molecule has 0 amide bonds. The van der Waals surface area contributed by atoms with Crippen molar-refractivity contribution >= 4 is 53.1 Å². The molecule has 0 unspecified atom stereocenters. The van der Waals surface area contributed by atoms with Crippen molar-refractivity contribution in [2.24, 2.45) is 0 Å². The molecule has 0 spiro atoms. The summed E-state index contributed by atoms with van der Waals surface area (Å²) in [5.74, 6) is 0.654. The average Bonchev–Trinajstić information content (AvgIpc) is 2.78. The molecule has 0 aliphatic heterocycles. The van der Waals surface area contributed by atoms with Crippen molar-refractivity contribution < 1.29 is 4.74 Å². The van der Waals surface area contributed by atoms with Gasteiger partial charge < -0.3 is 4.74 Å². The van der Waals surface area contributed by atoms with Gasteiger partial charge in [-0.2, -0.15) is 0 Å². The Kier molecular flexibility index (Phi) is 3.44. The van der Waals surface area contributed by atoms with Gasteiger partial charge in [0.1, 0.15) is 5.75 Å². The first kappa shape index (κ1) is 16.5. The molecule has 0 N–H and O–H groups in total. The van der Waals surface area contributed by atoms with Gasteiger partial charge in [-0.3, -0.25) is 4.79 Å². The number of benzene rings is 5. The molecule has 0 radical (unpaired) electrons. The van der Waals surface area contributed by atoms with Gasteiger partial charge in [0.25, 0.3) is 0 Å². The van der Waals surface area contributed by atoms with Gasteiger partial charge in [-0.05, 0) is 40.6 Å². The van der Waals surface area contributed by atoms with Gasteiger partial charge in [0.15, 0.2) is 5.43 Å². The highest BCUT2D eigenvalue weighted by atomic mass is 32.1. The molecule has 138 valence electrons. The summed E-state index contributed by atoms with van der Waals surface area (Å²) in [7, 11) is 1.65. The topological polar surface area (TPSA) is 26.3 Å². The van der Waals surface area contributed by atoms with E-state index in [1.54, 1.807) is 18.4 Å². The smallest absolute Gasteiger partial charge is 0.198 e. The van der Waals surface area contributed by atoms with E-state index in [4.69, 9.17) is 4.74 Å². The van der Waals surface area contributed by atoms with E-state index in [1.807, 2.05) is 36.4 Å². The Balaban J connectivity index is 1.89. The Hall–Kier alpha value is -3.43. The minimum atomic E-state index is 0.0214. The molecule has 2 nitrogen and oxygen atoms in total. The van der Waals surface area contributed by atoms with Crippen LogP contribution in [0.5, 0.6) is 5.75 Å². The van der Waals surface area contributed by atoms with Crippen LogP contribution in [0.15, 0.2) is 83.7 Å². The molecule has 3 heteroatoms. The van der Waals surface area contributed by atoms with E-state index in [1.165, 1.54) is 20.2 Å². The van der Waals surface area contributed by atoms with Crippen molar-refractivity contribution in [2.75, 3.05) is 7.11 Å². The summed E-state index contributed by atoms with van der Waals surface area (Å²) in [5, 5.41) is 6.29. The molecule has 0 saturated carbocycles. The minimum absolute atomic E-state index is 0.0214. The SMILES string of the molecule is COc1c(-c2ccccc2)c(=O)c2ccc3c4ccccc4sc4ccc1c2c43. The highest BCUT2D eigenvalue weighted by molar-refractivity contribution is 7.25. The number of hydrogen-bond acceptors (Lipinski definition) is 3. The molecule has 6 aromatic rings. The molecule has 1 aromatic heterocycles. The van der Waals surface area contributed by atoms with Crippen LogP contribution in [-0.2, 0) is 0 Å². The molecule has 1 heterocycles. The second-order valence-electron chi connectivity index (χ2n) is 7.22. The fourth-order valence-electron chi connectivity index (χ4n) is 4.50. The van der Waals surface area contributed by atoms with Gasteiger partial charge in [0, 0.05) is 30.9 Å². The van der Waals surface area contributed by atoms with E-state index < -0.39 is 0 Å². The third-order valence-electron chi connectivity index (χ3n) is 5.73. The number of ether oxygens (including phenoxy) is 1. The fraction of sp³-hybridized carbons (Fsp3) is 0.0385. The van der Waals surface area contributed by atoms with Crippen molar-refractivity contribution in [3.05, 3.63) is 89.1 Å². The van der Waals surface area contributed by atoms with Crippen molar-refractivity contribution in [1.82, 2.24) is 0 Å². The molecule has 0 aliphatic rings. The molecular weight excluding hydrogens is 376 g/mol. The minimum Gasteiger partial charge on any atom is -0.495 e. The summed E-state index contributed by atoms with van der Waals surface area (Å²) < 4.78 is 8.26. The molecule has 0 atom stereocenters. The van der Waals surface area contributed by atoms with Crippen molar-refractivity contribution in [2.45, 2.75) is 0 Å². The van der Waals surface area contributed by atoms with Crippen LogP contribution in [0.4, 0.5) is 0 Å². The summed E-state index contributed by atoms with van der Waals surface area (Å²) in [6, 6.07) is 26.6. The van der Waals surface area contributed by atoms with Gasteiger partial charge >= 0.3 is 0 Å². The van der Waals surface area contributed by atoms with Crippen molar-refractivity contribution in [1.29, 1.82) is 0 Å². The van der Waals surface area contributed by atoms with E-state index in [9.17, 15) is 4.79 Å². The monoisotopic (exact) mass is 392 g/mol. The largest absolute Gasteiger partial charge is 0.495 e. The lowest BCUT2D eigenvalue weighted by Gasteiger charge is -2.17. The average molecular weight is 392 g/mol. The van der Waals surface area contributed by atoms with E-state index in [-0.39, 0.29) is 5.43 Å². The second kappa shape index (κ2) is 6.03. The summed E-state index contributed by atoms with van der Waals surface area (Å²) >= 11 is 1.77. The van der Waals surface area contributed by atoms with E-state index in [0.29, 0.717) is 11.3 Å². The highest BCUT2D eigenvalue weighted by Gasteiger charge is 2.21. The van der Waals surface area contributed by atoms with Crippen LogP contribution in [0, 0.1) is 0 Å². The van der Waals surface area contributed by atoms with Crippen molar-refractivity contribution in [3.8, 4) is 16.9 Å². The van der Waals surface area contributed by atoms with Gasteiger partial charge in [-0.15, -0.1) is 11.3 Å². The lowest BCUT2D eigenvalue weighted by molar-refractivity contribution is 0.421. The molecule has 0 fully saturated rings. The zero-order valence-electron chi connectivity index (χ0n) is 15.7. The van der Waals surface area contributed by atoms with Gasteiger partial charge in [-0.25, -0.2) is 0 Å². The van der Waals surface area contributed by atoms with Gasteiger partial charge in [0.2, 0.25) is 0 Å². The predicted molar refractivity (Wildman–Crippen MR) is 124 cm³/mol. The Morgan fingerprint density at radius 1 is 0.655 bits per heavy atom. The molecular formula is C26H16O2S. The first-order valence-electron chi connectivity index (χ1n) is 9.53. The molecule has 0 saturated heterocycles. The maximum atomic E-state index is 13.6. The fourth-order valence-corrected chi connectivity index (χ4v) is 5.62. The summed E-state index contributed by atoms with van der Waals surface area (Å²) in [6.07, 6.45) is 0. The summed E-state index contributed by atoms with van der Waals surface area (Å²) in [6.45, 7) is 0. The lowest BCUT2D eigenvalue weighted by Crippen LogP contribution is -2.08. The Morgan fingerprint density at radius 2 is 1.38 bits per heavy atom. The normalized spacial score (nSPS) is 11.8. The highest BCUT2D eigenvalue weighted by Crippen LogP contribution is 2.44. The molecule has 0 aliphatic carbocycles. The van der Waals surface area contributed by atoms with Crippen LogP contribution in [-0.4, -0.2) is 7.11 Å². The number of rotatable bonds is 2. The van der Waals surface area contributed by atoms with Crippen LogP contribution in [0.25, 0.3) is 52.8 Å². The number of hydrogen-bond donors (Lipinski definition) is 0. The predicted octanol–water partition coefficient (Wildman–Crippen LogP) is 6.83. The zero-order chi connectivity index (χ0) is 19.5. The number of fused-ring (bicyclic) bond motifs is 2. The second-order valence-corrected chi connectivity index (χ2v) is 8.31. The molecule has 5 aromatic carbocycles. The first-order chi connectivity index (χ1) is 14.3.